The van der Waals surface area contributed by atoms with Gasteiger partial charge in [0.25, 0.3) is 0 Å². The number of carbonyl (C=O) groups excluding carboxylic acids is 1. The maximum Gasteiger partial charge on any atom is 0.319 e. The Hall–Kier alpha value is -1.64. The van der Waals surface area contributed by atoms with Crippen molar-refractivity contribution in [2.45, 2.75) is 20.8 Å². The maximum absolute atomic E-state index is 12.5. The lowest BCUT2D eigenvalue weighted by atomic mass is 9.86. The molecule has 0 bridgehead atoms. The molecule has 1 heterocycles. The highest BCUT2D eigenvalue weighted by Gasteiger charge is 2.80. The Morgan fingerprint density at radius 2 is 2.05 bits per heavy atom. The molecule has 1 aliphatic heterocycles. The molecule has 0 amide bonds. The number of benzene rings is 1. The summed E-state index contributed by atoms with van der Waals surface area (Å²) in [6, 6.07) is 10.00. The predicted octanol–water partition coefficient (Wildman–Crippen LogP) is 2.69. The van der Waals surface area contributed by atoms with E-state index in [0.29, 0.717) is 6.61 Å². The summed E-state index contributed by atoms with van der Waals surface area (Å²) in [7, 11) is 0. The first-order valence-corrected chi connectivity index (χ1v) is 6.84. The van der Waals surface area contributed by atoms with E-state index in [1.165, 1.54) is 0 Å². The van der Waals surface area contributed by atoms with Gasteiger partial charge in [-0.05, 0) is 17.9 Å². The van der Waals surface area contributed by atoms with Crippen molar-refractivity contribution >= 4 is 11.7 Å². The second-order valence-corrected chi connectivity index (χ2v) is 5.86. The summed E-state index contributed by atoms with van der Waals surface area (Å²) in [5.74, 6) is 0.180. The average Bonchev–Trinajstić information content (AvgIpc) is 2.76. The first-order valence-electron chi connectivity index (χ1n) is 6.84. The van der Waals surface area contributed by atoms with Gasteiger partial charge in [0.1, 0.15) is 5.41 Å². The Morgan fingerprint density at radius 1 is 1.37 bits per heavy atom. The van der Waals surface area contributed by atoms with E-state index in [0.717, 1.165) is 17.8 Å². The molecule has 0 aromatic heterocycles. The lowest BCUT2D eigenvalue weighted by Crippen LogP contribution is -2.32. The van der Waals surface area contributed by atoms with Gasteiger partial charge >= 0.3 is 5.97 Å². The highest BCUT2D eigenvalue weighted by atomic mass is 16.5. The number of fused-ring (bicyclic) bond motifs is 1. The van der Waals surface area contributed by atoms with Crippen LogP contribution in [0.5, 0.6) is 0 Å². The van der Waals surface area contributed by atoms with Gasteiger partial charge < -0.3 is 4.74 Å². The van der Waals surface area contributed by atoms with Crippen molar-refractivity contribution in [3.8, 4) is 0 Å². The van der Waals surface area contributed by atoms with E-state index in [2.05, 4.69) is 18.8 Å². The summed E-state index contributed by atoms with van der Waals surface area (Å²) >= 11 is 0. The van der Waals surface area contributed by atoms with E-state index in [9.17, 15) is 4.79 Å². The van der Waals surface area contributed by atoms with Gasteiger partial charge in [0.05, 0.1) is 12.3 Å². The normalized spacial score (nSPS) is 30.5. The summed E-state index contributed by atoms with van der Waals surface area (Å²) in [6.07, 6.45) is 0. The van der Waals surface area contributed by atoms with Gasteiger partial charge in [-0.25, -0.2) is 0 Å². The zero-order valence-corrected chi connectivity index (χ0v) is 11.6. The van der Waals surface area contributed by atoms with Crippen LogP contribution in [0.25, 0.3) is 0 Å². The first-order chi connectivity index (χ1) is 9.06. The van der Waals surface area contributed by atoms with Gasteiger partial charge in [-0.1, -0.05) is 44.2 Å². The average molecular weight is 257 g/mol. The smallest absolute Gasteiger partial charge is 0.319 e. The van der Waals surface area contributed by atoms with Crippen molar-refractivity contribution < 1.29 is 9.53 Å². The van der Waals surface area contributed by atoms with Gasteiger partial charge in [0, 0.05) is 12.5 Å². The molecule has 3 heteroatoms. The van der Waals surface area contributed by atoms with E-state index in [-0.39, 0.29) is 17.3 Å². The molecular formula is C16H19NO2. The van der Waals surface area contributed by atoms with Crippen LogP contribution in [0.2, 0.25) is 0 Å². The summed E-state index contributed by atoms with van der Waals surface area (Å²) in [4.78, 5) is 17.1. The molecule has 0 N–H and O–H groups in total. The van der Waals surface area contributed by atoms with Crippen LogP contribution >= 0.6 is 0 Å². The number of ether oxygens (including phenoxy) is 1. The topological polar surface area (TPSA) is 38.7 Å². The van der Waals surface area contributed by atoms with Crippen LogP contribution in [0.4, 0.5) is 0 Å². The van der Waals surface area contributed by atoms with Crippen LogP contribution in [0, 0.1) is 16.7 Å². The lowest BCUT2D eigenvalue weighted by Gasteiger charge is -2.20. The molecule has 2 atom stereocenters. The van der Waals surface area contributed by atoms with E-state index in [1.807, 2.05) is 37.3 Å². The number of esters is 1. The minimum Gasteiger partial charge on any atom is -0.465 e. The number of carbonyl (C=O) groups is 1. The molecule has 19 heavy (non-hydrogen) atoms. The molecular weight excluding hydrogens is 238 g/mol. The second kappa shape index (κ2) is 3.92. The molecule has 2 aliphatic rings. The molecule has 1 aliphatic carbocycles. The van der Waals surface area contributed by atoms with Gasteiger partial charge in [-0.3, -0.25) is 9.79 Å². The van der Waals surface area contributed by atoms with Crippen molar-refractivity contribution in [1.29, 1.82) is 0 Å². The van der Waals surface area contributed by atoms with Crippen molar-refractivity contribution in [3.05, 3.63) is 35.9 Å². The Bertz CT molecular complexity index is 547. The molecule has 0 radical (unpaired) electrons. The molecule has 1 aromatic carbocycles. The number of hydrogen-bond acceptors (Lipinski definition) is 3. The molecule has 0 spiro atoms. The third kappa shape index (κ3) is 1.38. The zero-order valence-electron chi connectivity index (χ0n) is 11.6. The standard InChI is InChI=1S/C16H19NO2/c1-4-19-14(18)16-12(15(16,2)3)10-17-13(16)11-8-6-5-7-9-11/h5-9,12H,4,10H2,1-3H3/t12-,16+/m0/s1. The van der Waals surface area contributed by atoms with Crippen LogP contribution in [0.15, 0.2) is 35.3 Å². The fraction of sp³-hybridized carbons (Fsp3) is 0.500. The molecule has 0 saturated heterocycles. The van der Waals surface area contributed by atoms with Crippen LogP contribution < -0.4 is 0 Å². The van der Waals surface area contributed by atoms with Crippen molar-refractivity contribution in [2.75, 3.05) is 13.2 Å². The van der Waals surface area contributed by atoms with E-state index in [1.54, 1.807) is 0 Å². The summed E-state index contributed by atoms with van der Waals surface area (Å²) in [5, 5.41) is 0. The Labute approximate surface area is 113 Å². The highest BCUT2D eigenvalue weighted by molar-refractivity contribution is 6.20. The van der Waals surface area contributed by atoms with Gasteiger partial charge in [-0.15, -0.1) is 0 Å². The summed E-state index contributed by atoms with van der Waals surface area (Å²) in [6.45, 7) is 7.30. The number of hydrogen-bond donors (Lipinski definition) is 0. The summed E-state index contributed by atoms with van der Waals surface area (Å²) in [5.41, 5.74) is 1.39. The third-order valence-corrected chi connectivity index (χ3v) is 4.78. The van der Waals surface area contributed by atoms with Gasteiger partial charge in [0.15, 0.2) is 0 Å². The lowest BCUT2D eigenvalue weighted by molar-refractivity contribution is -0.148. The molecule has 1 aromatic rings. The number of aliphatic imine (C=N–C) groups is 1. The van der Waals surface area contributed by atoms with Gasteiger partial charge in [-0.2, -0.15) is 0 Å². The van der Waals surface area contributed by atoms with E-state index in [4.69, 9.17) is 4.74 Å². The molecule has 3 rings (SSSR count). The molecule has 1 fully saturated rings. The third-order valence-electron chi connectivity index (χ3n) is 4.78. The number of rotatable bonds is 3. The van der Waals surface area contributed by atoms with Crippen molar-refractivity contribution in [3.63, 3.8) is 0 Å². The fourth-order valence-electron chi connectivity index (χ4n) is 3.67. The minimum absolute atomic E-state index is 0.0494. The maximum atomic E-state index is 12.5. The van der Waals surface area contributed by atoms with Crippen molar-refractivity contribution in [1.82, 2.24) is 0 Å². The minimum atomic E-state index is -0.523. The zero-order chi connectivity index (χ0) is 13.7. The van der Waals surface area contributed by atoms with Crippen LogP contribution in [-0.4, -0.2) is 24.8 Å². The van der Waals surface area contributed by atoms with E-state index < -0.39 is 5.41 Å². The highest BCUT2D eigenvalue weighted by Crippen LogP contribution is 2.73. The molecule has 1 saturated carbocycles. The Kier molecular flexibility index (Phi) is 2.56. The van der Waals surface area contributed by atoms with Crippen molar-refractivity contribution in [2.24, 2.45) is 21.7 Å². The Balaban J connectivity index is 2.04. The van der Waals surface area contributed by atoms with Crippen LogP contribution in [0.1, 0.15) is 26.3 Å². The Morgan fingerprint density at radius 3 is 2.63 bits per heavy atom. The van der Waals surface area contributed by atoms with Gasteiger partial charge in [0.2, 0.25) is 0 Å². The quantitative estimate of drug-likeness (QED) is 0.781. The van der Waals surface area contributed by atoms with E-state index >= 15 is 0 Å². The van der Waals surface area contributed by atoms with Crippen LogP contribution in [-0.2, 0) is 9.53 Å². The monoisotopic (exact) mass is 257 g/mol. The molecule has 100 valence electrons. The largest absolute Gasteiger partial charge is 0.465 e. The molecule has 0 unspecified atom stereocenters. The summed E-state index contributed by atoms with van der Waals surface area (Å²) < 4.78 is 5.34. The predicted molar refractivity (Wildman–Crippen MR) is 74.2 cm³/mol. The SMILES string of the molecule is CCOC(=O)[C@]12C(c3ccccc3)=NC[C@H]1C2(C)C. The fourth-order valence-corrected chi connectivity index (χ4v) is 3.67. The molecule has 3 nitrogen and oxygen atoms in total. The van der Waals surface area contributed by atoms with Crippen LogP contribution in [0.3, 0.4) is 0 Å². The first kappa shape index (κ1) is 12.4. The second-order valence-electron chi connectivity index (χ2n) is 5.86. The number of nitrogens with zero attached hydrogens (tertiary/aromatic N) is 1.